The van der Waals surface area contributed by atoms with Crippen LogP contribution in [0.1, 0.15) is 31.4 Å². The Hall–Kier alpha value is -1.25. The standard InChI is InChI=1S/C14H16N.C5H9NO2.Pd/c1-11(15(2)3)13-10-6-8-12-7-4-5-9-14(12)13;7-5(8)4-2-1-3-6-4;/h4-9,11H,1-3H3;4,6H,1-3H2,(H,7,8);/q-1;;+2/p-1/t11-;4-;/m00./s1. The van der Waals surface area contributed by atoms with Crippen molar-refractivity contribution in [1.82, 2.24) is 10.2 Å². The minimum atomic E-state index is -0.970. The first-order valence-electron chi connectivity index (χ1n) is 8.00. The second-order valence-corrected chi connectivity index (χ2v) is 6.09. The van der Waals surface area contributed by atoms with Crippen molar-refractivity contribution in [3.8, 4) is 0 Å². The third kappa shape index (κ3) is 5.39. The van der Waals surface area contributed by atoms with Crippen molar-refractivity contribution in [2.24, 2.45) is 0 Å². The quantitative estimate of drug-likeness (QED) is 0.609. The van der Waals surface area contributed by atoms with Crippen LogP contribution in [0.2, 0.25) is 0 Å². The molecule has 0 aliphatic carbocycles. The van der Waals surface area contributed by atoms with Crippen LogP contribution in [-0.4, -0.2) is 37.6 Å². The van der Waals surface area contributed by atoms with E-state index >= 15 is 0 Å². The Labute approximate surface area is 157 Å². The molecule has 0 aromatic heterocycles. The summed E-state index contributed by atoms with van der Waals surface area (Å²) in [5.74, 6) is -0.970. The van der Waals surface area contributed by atoms with Gasteiger partial charge in [0.15, 0.2) is 0 Å². The van der Waals surface area contributed by atoms with Gasteiger partial charge in [0.1, 0.15) is 0 Å². The summed E-state index contributed by atoms with van der Waals surface area (Å²) in [7, 11) is 4.20. The molecular formula is C19H24N2O2Pd. The summed E-state index contributed by atoms with van der Waals surface area (Å²) in [5.41, 5.74) is 1.28. The van der Waals surface area contributed by atoms with Gasteiger partial charge in [0.2, 0.25) is 0 Å². The first kappa shape index (κ1) is 20.8. The number of benzene rings is 2. The Morgan fingerprint density at radius 3 is 2.58 bits per heavy atom. The maximum absolute atomic E-state index is 10.0. The number of nitrogens with one attached hydrogen (secondary N) is 1. The molecular weight excluding hydrogens is 395 g/mol. The Morgan fingerprint density at radius 2 is 2.04 bits per heavy atom. The predicted octanol–water partition coefficient (Wildman–Crippen LogP) is 1.75. The molecule has 1 N–H and O–H groups in total. The number of carbonyl (C=O) groups is 1. The second-order valence-electron chi connectivity index (χ2n) is 6.09. The van der Waals surface area contributed by atoms with Crippen molar-refractivity contribution >= 4 is 16.7 Å². The van der Waals surface area contributed by atoms with E-state index < -0.39 is 5.97 Å². The predicted molar refractivity (Wildman–Crippen MR) is 90.9 cm³/mol. The Morgan fingerprint density at radius 1 is 1.33 bits per heavy atom. The van der Waals surface area contributed by atoms with Gasteiger partial charge < -0.3 is 20.1 Å². The fourth-order valence-electron chi connectivity index (χ4n) is 2.68. The van der Waals surface area contributed by atoms with Crippen LogP contribution in [0.3, 0.4) is 0 Å². The van der Waals surface area contributed by atoms with Crippen LogP contribution in [-0.2, 0) is 25.2 Å². The van der Waals surface area contributed by atoms with Crippen molar-refractivity contribution in [1.29, 1.82) is 0 Å². The maximum atomic E-state index is 10.0. The molecule has 2 aromatic rings. The molecule has 3 rings (SSSR count). The Balaban J connectivity index is 0.000000273. The molecule has 0 unspecified atom stereocenters. The van der Waals surface area contributed by atoms with Gasteiger partial charge in [-0.05, 0) is 40.4 Å². The van der Waals surface area contributed by atoms with Crippen LogP contribution in [0.15, 0.2) is 36.4 Å². The van der Waals surface area contributed by atoms with Gasteiger partial charge in [-0.3, -0.25) is 0 Å². The average Bonchev–Trinajstić information content (AvgIpc) is 3.09. The van der Waals surface area contributed by atoms with Crippen LogP contribution in [0, 0.1) is 6.07 Å². The number of hydrogen-bond donors (Lipinski definition) is 1. The van der Waals surface area contributed by atoms with E-state index in [0.717, 1.165) is 19.4 Å². The molecule has 2 aromatic carbocycles. The number of carboxylic acids is 1. The van der Waals surface area contributed by atoms with Crippen LogP contribution < -0.4 is 10.4 Å². The summed E-state index contributed by atoms with van der Waals surface area (Å²) in [6.45, 7) is 3.02. The monoisotopic (exact) mass is 418 g/mol. The van der Waals surface area contributed by atoms with Gasteiger partial charge in [-0.2, -0.15) is 18.2 Å². The molecule has 0 spiro atoms. The zero-order chi connectivity index (χ0) is 16.8. The molecule has 0 amide bonds. The van der Waals surface area contributed by atoms with E-state index in [1.54, 1.807) is 0 Å². The molecule has 5 heteroatoms. The number of carboxylic acid groups (broad SMARTS) is 1. The summed E-state index contributed by atoms with van der Waals surface area (Å²) in [6.07, 6.45) is 1.68. The fourth-order valence-corrected chi connectivity index (χ4v) is 2.68. The number of rotatable bonds is 3. The molecule has 132 valence electrons. The van der Waals surface area contributed by atoms with E-state index in [1.807, 2.05) is 6.07 Å². The number of hydrogen-bond acceptors (Lipinski definition) is 4. The first-order valence-corrected chi connectivity index (χ1v) is 8.00. The van der Waals surface area contributed by atoms with E-state index in [-0.39, 0.29) is 26.5 Å². The van der Waals surface area contributed by atoms with Gasteiger partial charge in [0, 0.05) is 12.1 Å². The third-order valence-corrected chi connectivity index (χ3v) is 4.29. The SMILES string of the molecule is C[C@@H](c1[c-]ccc2ccccc12)N(C)C.O=C([O-])[C@@H]1CCCN1.[Pd+2]. The van der Waals surface area contributed by atoms with Crippen LogP contribution >= 0.6 is 0 Å². The van der Waals surface area contributed by atoms with E-state index in [2.05, 4.69) is 67.6 Å². The molecule has 1 aliphatic rings. The summed E-state index contributed by atoms with van der Waals surface area (Å²) < 4.78 is 0. The minimum absolute atomic E-state index is 0. The molecule has 1 aliphatic heterocycles. The molecule has 24 heavy (non-hydrogen) atoms. The van der Waals surface area contributed by atoms with Gasteiger partial charge in [-0.15, -0.1) is 22.4 Å². The zero-order valence-corrected chi connectivity index (χ0v) is 15.9. The molecule has 1 heterocycles. The van der Waals surface area contributed by atoms with Crippen molar-refractivity contribution in [2.45, 2.75) is 31.8 Å². The maximum Gasteiger partial charge on any atom is 2.00 e. The van der Waals surface area contributed by atoms with E-state index in [0.29, 0.717) is 6.04 Å². The minimum Gasteiger partial charge on any atom is -0.548 e. The van der Waals surface area contributed by atoms with Crippen molar-refractivity contribution in [2.75, 3.05) is 20.6 Å². The van der Waals surface area contributed by atoms with Gasteiger partial charge in [0.05, 0.1) is 5.97 Å². The molecule has 0 radical (unpaired) electrons. The number of fused-ring (bicyclic) bond motifs is 1. The number of aliphatic carboxylic acids is 1. The van der Waals surface area contributed by atoms with Gasteiger partial charge in [-0.1, -0.05) is 18.2 Å². The van der Waals surface area contributed by atoms with E-state index in [9.17, 15) is 9.90 Å². The molecule has 0 bridgehead atoms. The van der Waals surface area contributed by atoms with Gasteiger partial charge in [0.25, 0.3) is 0 Å². The van der Waals surface area contributed by atoms with Crippen molar-refractivity contribution in [3.05, 3.63) is 48.0 Å². The van der Waals surface area contributed by atoms with Crippen molar-refractivity contribution < 1.29 is 30.3 Å². The number of nitrogens with zero attached hydrogens (tertiary/aromatic N) is 1. The average molecular weight is 419 g/mol. The first-order chi connectivity index (χ1) is 11.0. The van der Waals surface area contributed by atoms with E-state index in [4.69, 9.17) is 0 Å². The largest absolute Gasteiger partial charge is 2.00 e. The summed E-state index contributed by atoms with van der Waals surface area (Å²) in [6, 6.07) is 16.0. The van der Waals surface area contributed by atoms with Gasteiger partial charge >= 0.3 is 20.4 Å². The molecule has 2 atom stereocenters. The van der Waals surface area contributed by atoms with Gasteiger partial charge in [-0.25, -0.2) is 0 Å². The molecule has 0 saturated carbocycles. The Kier molecular flexibility index (Phi) is 8.58. The topological polar surface area (TPSA) is 55.4 Å². The molecule has 4 nitrogen and oxygen atoms in total. The van der Waals surface area contributed by atoms with Crippen LogP contribution in [0.5, 0.6) is 0 Å². The normalized spacial score (nSPS) is 17.8. The zero-order valence-electron chi connectivity index (χ0n) is 14.3. The summed E-state index contributed by atoms with van der Waals surface area (Å²) in [5, 5.41) is 15.4. The van der Waals surface area contributed by atoms with E-state index in [1.165, 1.54) is 16.3 Å². The Bertz CT molecular complexity index is 649. The third-order valence-electron chi connectivity index (χ3n) is 4.29. The smallest absolute Gasteiger partial charge is 0.548 e. The summed E-state index contributed by atoms with van der Waals surface area (Å²) >= 11 is 0. The molecule has 1 saturated heterocycles. The van der Waals surface area contributed by atoms with Crippen LogP contribution in [0.25, 0.3) is 10.8 Å². The summed E-state index contributed by atoms with van der Waals surface area (Å²) in [4.78, 5) is 12.2. The second kappa shape index (κ2) is 9.91. The van der Waals surface area contributed by atoms with Crippen LogP contribution in [0.4, 0.5) is 0 Å². The number of carbonyl (C=O) groups excluding carboxylic acids is 1. The molecule has 1 fully saturated rings. The fraction of sp³-hybridized carbons (Fsp3) is 0.421. The van der Waals surface area contributed by atoms with Crippen molar-refractivity contribution in [3.63, 3.8) is 0 Å².